The molecule has 0 aromatic heterocycles. The van der Waals surface area contributed by atoms with Crippen molar-refractivity contribution >= 4 is 23.6 Å². The quantitative estimate of drug-likeness (QED) is 0.484. The first-order valence-electron chi connectivity index (χ1n) is 9.66. The number of hydrogen-bond donors (Lipinski definition) is 0. The molecule has 0 spiro atoms. The van der Waals surface area contributed by atoms with E-state index in [0.29, 0.717) is 19.4 Å². The zero-order valence-electron chi connectivity index (χ0n) is 16.8. The van der Waals surface area contributed by atoms with Gasteiger partial charge in [-0.15, -0.1) is 11.8 Å². The topological polar surface area (TPSA) is 79.6 Å². The van der Waals surface area contributed by atoms with Gasteiger partial charge in [0.15, 0.2) is 6.10 Å². The molecule has 0 unspecified atom stereocenters. The number of ether oxygens (including phenoxy) is 2. The van der Waals surface area contributed by atoms with Crippen molar-refractivity contribution in [3.8, 4) is 11.8 Å². The summed E-state index contributed by atoms with van der Waals surface area (Å²) in [6.07, 6.45) is 3.36. The minimum atomic E-state index is -0.911. The van der Waals surface area contributed by atoms with Crippen LogP contribution in [0.3, 0.4) is 0 Å². The SMILES string of the molecule is CCOc1ccc(SCC(=O)O[C@@H](C)C(=O)N(C)C2(C#N)CCCCC2)cc1. The minimum absolute atomic E-state index is 0.110. The van der Waals surface area contributed by atoms with E-state index < -0.39 is 17.6 Å². The van der Waals surface area contributed by atoms with E-state index in [1.165, 1.54) is 16.7 Å². The van der Waals surface area contributed by atoms with Gasteiger partial charge in [-0.2, -0.15) is 5.26 Å². The van der Waals surface area contributed by atoms with Gasteiger partial charge in [-0.25, -0.2) is 0 Å². The number of nitrogens with zero attached hydrogens (tertiary/aromatic N) is 2. The number of thioether (sulfide) groups is 1. The molecule has 0 bridgehead atoms. The van der Waals surface area contributed by atoms with Crippen molar-refractivity contribution < 1.29 is 19.1 Å². The monoisotopic (exact) mass is 404 g/mol. The third kappa shape index (κ3) is 5.65. The Morgan fingerprint density at radius 2 is 1.89 bits per heavy atom. The summed E-state index contributed by atoms with van der Waals surface area (Å²) in [6.45, 7) is 4.09. The highest BCUT2D eigenvalue weighted by Gasteiger charge is 2.40. The van der Waals surface area contributed by atoms with Gasteiger partial charge < -0.3 is 14.4 Å². The van der Waals surface area contributed by atoms with Crippen molar-refractivity contribution in [3.05, 3.63) is 24.3 Å². The van der Waals surface area contributed by atoms with Crippen LogP contribution in [0.25, 0.3) is 0 Å². The molecule has 6 nitrogen and oxygen atoms in total. The lowest BCUT2D eigenvalue weighted by Gasteiger charge is -2.39. The van der Waals surface area contributed by atoms with Gasteiger partial charge in [0.1, 0.15) is 11.3 Å². The Balaban J connectivity index is 1.85. The summed E-state index contributed by atoms with van der Waals surface area (Å²) >= 11 is 1.34. The standard InChI is InChI=1S/C21H28N2O4S/c1-4-26-17-8-10-18(11-9-17)28-14-19(24)27-16(2)20(25)23(3)21(15-22)12-6-5-7-13-21/h8-11,16H,4-7,12-14H2,1-3H3/t16-/m0/s1. The van der Waals surface area contributed by atoms with Gasteiger partial charge in [0.2, 0.25) is 0 Å². The zero-order valence-corrected chi connectivity index (χ0v) is 17.6. The summed E-state index contributed by atoms with van der Waals surface area (Å²) in [6, 6.07) is 9.78. The number of benzene rings is 1. The largest absolute Gasteiger partial charge is 0.494 e. The molecular weight excluding hydrogens is 376 g/mol. The van der Waals surface area contributed by atoms with E-state index in [9.17, 15) is 14.9 Å². The summed E-state index contributed by atoms with van der Waals surface area (Å²) in [5.41, 5.74) is -0.785. The second-order valence-electron chi connectivity index (χ2n) is 6.93. The number of esters is 1. The Morgan fingerprint density at radius 1 is 1.25 bits per heavy atom. The predicted molar refractivity (Wildman–Crippen MR) is 108 cm³/mol. The Hall–Kier alpha value is -2.20. The molecule has 0 aliphatic heterocycles. The summed E-state index contributed by atoms with van der Waals surface area (Å²) in [5, 5.41) is 9.62. The lowest BCUT2D eigenvalue weighted by molar-refractivity contribution is -0.159. The molecule has 1 aliphatic carbocycles. The lowest BCUT2D eigenvalue weighted by Crippen LogP contribution is -2.53. The van der Waals surface area contributed by atoms with Crippen LogP contribution >= 0.6 is 11.8 Å². The highest BCUT2D eigenvalue weighted by molar-refractivity contribution is 8.00. The van der Waals surface area contributed by atoms with Gasteiger partial charge in [0, 0.05) is 11.9 Å². The number of hydrogen-bond acceptors (Lipinski definition) is 6. The van der Waals surface area contributed by atoms with E-state index in [1.807, 2.05) is 31.2 Å². The van der Waals surface area contributed by atoms with Gasteiger partial charge in [-0.1, -0.05) is 19.3 Å². The molecule has 1 saturated carbocycles. The number of rotatable bonds is 8. The van der Waals surface area contributed by atoms with E-state index in [4.69, 9.17) is 9.47 Å². The molecule has 1 aliphatic rings. The number of carbonyl (C=O) groups is 2. The Bertz CT molecular complexity index is 708. The highest BCUT2D eigenvalue weighted by atomic mass is 32.2. The summed E-state index contributed by atoms with van der Waals surface area (Å²) < 4.78 is 10.7. The van der Waals surface area contributed by atoms with E-state index in [-0.39, 0.29) is 11.7 Å². The van der Waals surface area contributed by atoms with Crippen LogP contribution in [0.2, 0.25) is 0 Å². The van der Waals surface area contributed by atoms with Crippen LogP contribution in [0.5, 0.6) is 5.75 Å². The van der Waals surface area contributed by atoms with Crippen molar-refractivity contribution in [1.29, 1.82) is 5.26 Å². The molecule has 1 atom stereocenters. The Morgan fingerprint density at radius 3 is 2.46 bits per heavy atom. The molecule has 28 heavy (non-hydrogen) atoms. The third-order valence-corrected chi connectivity index (χ3v) is 5.99. The maximum Gasteiger partial charge on any atom is 0.317 e. The van der Waals surface area contributed by atoms with Crippen molar-refractivity contribution in [2.75, 3.05) is 19.4 Å². The van der Waals surface area contributed by atoms with E-state index >= 15 is 0 Å². The van der Waals surface area contributed by atoms with Crippen LogP contribution in [-0.4, -0.2) is 47.8 Å². The molecule has 1 aromatic carbocycles. The van der Waals surface area contributed by atoms with Crippen molar-refractivity contribution in [2.45, 2.75) is 62.5 Å². The number of nitriles is 1. The van der Waals surface area contributed by atoms with Crippen molar-refractivity contribution in [1.82, 2.24) is 4.90 Å². The summed E-state index contributed by atoms with van der Waals surface area (Å²) in [5.74, 6) is 0.107. The molecule has 0 radical (unpaired) electrons. The smallest absolute Gasteiger partial charge is 0.317 e. The fourth-order valence-corrected chi connectivity index (χ4v) is 4.05. The predicted octanol–water partition coefficient (Wildman–Crippen LogP) is 3.79. The lowest BCUT2D eigenvalue weighted by atomic mass is 9.81. The molecule has 1 aromatic rings. The van der Waals surface area contributed by atoms with E-state index in [0.717, 1.165) is 29.9 Å². The first-order chi connectivity index (χ1) is 13.4. The highest BCUT2D eigenvalue weighted by Crippen LogP contribution is 2.33. The first-order valence-corrected chi connectivity index (χ1v) is 10.6. The first kappa shape index (κ1) is 22.1. The normalized spacial score (nSPS) is 16.5. The number of amides is 1. The van der Waals surface area contributed by atoms with Crippen LogP contribution in [-0.2, 0) is 14.3 Å². The molecule has 1 fully saturated rings. The molecule has 2 rings (SSSR count). The second-order valence-corrected chi connectivity index (χ2v) is 7.98. The Kier molecular flexibility index (Phi) is 8.18. The van der Waals surface area contributed by atoms with Crippen LogP contribution in [0.4, 0.5) is 0 Å². The Labute approximate surface area is 171 Å². The summed E-state index contributed by atoms with van der Waals surface area (Å²) in [7, 11) is 1.63. The van der Waals surface area contributed by atoms with Crippen LogP contribution in [0, 0.1) is 11.3 Å². The molecule has 0 saturated heterocycles. The summed E-state index contributed by atoms with van der Waals surface area (Å²) in [4.78, 5) is 27.2. The number of carbonyl (C=O) groups excluding carboxylic acids is 2. The zero-order chi connectivity index (χ0) is 20.6. The minimum Gasteiger partial charge on any atom is -0.494 e. The molecule has 7 heteroatoms. The van der Waals surface area contributed by atoms with Crippen molar-refractivity contribution in [3.63, 3.8) is 0 Å². The third-order valence-electron chi connectivity index (χ3n) is 5.01. The fraction of sp³-hybridized carbons (Fsp3) is 0.571. The number of likely N-dealkylation sites (N-methyl/N-ethyl adjacent to an activating group) is 1. The van der Waals surface area contributed by atoms with Crippen LogP contribution in [0.1, 0.15) is 46.0 Å². The second kappa shape index (κ2) is 10.4. The average molecular weight is 405 g/mol. The molecular formula is C21H28N2O4S. The van der Waals surface area contributed by atoms with Gasteiger partial charge in [-0.05, 0) is 51.0 Å². The maximum absolute atomic E-state index is 12.7. The van der Waals surface area contributed by atoms with Crippen LogP contribution < -0.4 is 4.74 Å². The molecule has 1 amide bonds. The van der Waals surface area contributed by atoms with Crippen molar-refractivity contribution in [2.24, 2.45) is 0 Å². The van der Waals surface area contributed by atoms with E-state index in [2.05, 4.69) is 6.07 Å². The van der Waals surface area contributed by atoms with Gasteiger partial charge >= 0.3 is 5.97 Å². The van der Waals surface area contributed by atoms with E-state index in [1.54, 1.807) is 14.0 Å². The van der Waals surface area contributed by atoms with Crippen LogP contribution in [0.15, 0.2) is 29.2 Å². The molecule has 0 N–H and O–H groups in total. The van der Waals surface area contributed by atoms with Gasteiger partial charge in [0.25, 0.3) is 5.91 Å². The maximum atomic E-state index is 12.7. The average Bonchev–Trinajstić information content (AvgIpc) is 2.72. The fourth-order valence-electron chi connectivity index (χ4n) is 3.37. The van der Waals surface area contributed by atoms with Gasteiger partial charge in [0.05, 0.1) is 18.4 Å². The molecule has 152 valence electrons. The van der Waals surface area contributed by atoms with Gasteiger partial charge in [-0.3, -0.25) is 9.59 Å². The molecule has 0 heterocycles.